The average Bonchev–Trinajstić information content (AvgIpc) is 2.92. The van der Waals surface area contributed by atoms with Crippen molar-refractivity contribution in [2.24, 2.45) is 17.6 Å². The molecule has 2 fully saturated rings. The SMILES string of the molecule is CC(N)C(c1ccccc1Cl)N1CC2CCCC2C1. The van der Waals surface area contributed by atoms with E-state index in [4.69, 9.17) is 17.3 Å². The second-order valence-corrected chi connectivity index (χ2v) is 6.64. The summed E-state index contributed by atoms with van der Waals surface area (Å²) < 4.78 is 0. The molecule has 1 aliphatic heterocycles. The first-order valence-electron chi connectivity index (χ1n) is 7.41. The first-order valence-corrected chi connectivity index (χ1v) is 7.78. The first-order chi connectivity index (χ1) is 9.16. The van der Waals surface area contributed by atoms with Gasteiger partial charge in [-0.05, 0) is 43.2 Å². The van der Waals surface area contributed by atoms with Gasteiger partial charge in [0.25, 0.3) is 0 Å². The maximum atomic E-state index is 6.38. The van der Waals surface area contributed by atoms with E-state index >= 15 is 0 Å². The number of halogens is 1. The zero-order valence-electron chi connectivity index (χ0n) is 11.6. The molecule has 0 radical (unpaired) electrons. The maximum Gasteiger partial charge on any atom is 0.0511 e. The Kier molecular flexibility index (Phi) is 3.84. The minimum atomic E-state index is 0.110. The van der Waals surface area contributed by atoms with E-state index in [9.17, 15) is 0 Å². The van der Waals surface area contributed by atoms with E-state index in [0.717, 1.165) is 16.9 Å². The molecule has 2 nitrogen and oxygen atoms in total. The van der Waals surface area contributed by atoms with Crippen LogP contribution in [-0.2, 0) is 0 Å². The minimum absolute atomic E-state index is 0.110. The summed E-state index contributed by atoms with van der Waals surface area (Å²) in [5, 5.41) is 0.849. The molecule has 19 heavy (non-hydrogen) atoms. The van der Waals surface area contributed by atoms with Crippen molar-refractivity contribution in [2.45, 2.75) is 38.3 Å². The lowest BCUT2D eigenvalue weighted by Crippen LogP contribution is -2.39. The molecule has 0 bridgehead atoms. The monoisotopic (exact) mass is 278 g/mol. The Morgan fingerprint density at radius 1 is 1.21 bits per heavy atom. The molecule has 1 aliphatic carbocycles. The van der Waals surface area contributed by atoms with Crippen LogP contribution in [0.3, 0.4) is 0 Å². The molecular weight excluding hydrogens is 256 g/mol. The van der Waals surface area contributed by atoms with Crippen LogP contribution in [0.1, 0.15) is 37.8 Å². The van der Waals surface area contributed by atoms with Crippen molar-refractivity contribution >= 4 is 11.6 Å². The highest BCUT2D eigenvalue weighted by Crippen LogP contribution is 2.42. The van der Waals surface area contributed by atoms with Crippen molar-refractivity contribution in [2.75, 3.05) is 13.1 Å². The Morgan fingerprint density at radius 2 is 1.84 bits per heavy atom. The minimum Gasteiger partial charge on any atom is -0.326 e. The number of benzene rings is 1. The number of hydrogen-bond donors (Lipinski definition) is 1. The van der Waals surface area contributed by atoms with Crippen molar-refractivity contribution < 1.29 is 0 Å². The third-order valence-corrected chi connectivity index (χ3v) is 5.21. The summed E-state index contributed by atoms with van der Waals surface area (Å²) in [6.45, 7) is 4.49. The second kappa shape index (κ2) is 5.43. The Labute approximate surface area is 120 Å². The average molecular weight is 279 g/mol. The van der Waals surface area contributed by atoms with E-state index in [1.807, 2.05) is 12.1 Å². The third-order valence-electron chi connectivity index (χ3n) is 4.87. The fraction of sp³-hybridized carbons (Fsp3) is 0.625. The summed E-state index contributed by atoms with van der Waals surface area (Å²) in [6, 6.07) is 8.53. The Hall–Kier alpha value is -0.570. The van der Waals surface area contributed by atoms with Gasteiger partial charge in [-0.25, -0.2) is 0 Å². The number of likely N-dealkylation sites (tertiary alicyclic amines) is 1. The van der Waals surface area contributed by atoms with Crippen LogP contribution < -0.4 is 5.73 Å². The molecule has 1 saturated carbocycles. The lowest BCUT2D eigenvalue weighted by molar-refractivity contribution is 0.203. The van der Waals surface area contributed by atoms with E-state index in [1.54, 1.807) is 0 Å². The standard InChI is InChI=1S/C16H23ClN2/c1-11(18)16(14-7-2-3-8-15(14)17)19-9-12-5-4-6-13(12)10-19/h2-3,7-8,11-13,16H,4-6,9-10,18H2,1H3. The molecule has 4 atom stereocenters. The Morgan fingerprint density at radius 3 is 2.42 bits per heavy atom. The highest BCUT2D eigenvalue weighted by atomic mass is 35.5. The van der Waals surface area contributed by atoms with Gasteiger partial charge in [0.05, 0.1) is 6.04 Å². The quantitative estimate of drug-likeness (QED) is 0.917. The van der Waals surface area contributed by atoms with Gasteiger partial charge in [0.2, 0.25) is 0 Å². The van der Waals surface area contributed by atoms with Gasteiger partial charge in [0.1, 0.15) is 0 Å². The molecule has 1 saturated heterocycles. The number of rotatable bonds is 3. The smallest absolute Gasteiger partial charge is 0.0511 e. The van der Waals surface area contributed by atoms with Crippen LogP contribution in [0.15, 0.2) is 24.3 Å². The van der Waals surface area contributed by atoms with Crippen LogP contribution in [0.5, 0.6) is 0 Å². The third kappa shape index (κ3) is 2.54. The summed E-state index contributed by atoms with van der Waals surface area (Å²) in [5.74, 6) is 1.78. The summed E-state index contributed by atoms with van der Waals surface area (Å²) in [4.78, 5) is 2.57. The van der Waals surface area contributed by atoms with Gasteiger partial charge in [-0.2, -0.15) is 0 Å². The van der Waals surface area contributed by atoms with Crippen LogP contribution in [0.4, 0.5) is 0 Å². The molecule has 0 aromatic heterocycles. The predicted molar refractivity (Wildman–Crippen MR) is 80.2 cm³/mol. The van der Waals surface area contributed by atoms with Crippen molar-refractivity contribution in [3.8, 4) is 0 Å². The van der Waals surface area contributed by atoms with Gasteiger partial charge < -0.3 is 5.73 Å². The van der Waals surface area contributed by atoms with Gasteiger partial charge in [-0.15, -0.1) is 0 Å². The summed E-state index contributed by atoms with van der Waals surface area (Å²) >= 11 is 6.38. The van der Waals surface area contributed by atoms with Crippen LogP contribution in [0.2, 0.25) is 5.02 Å². The molecule has 0 amide bonds. The van der Waals surface area contributed by atoms with Crippen LogP contribution in [0, 0.1) is 11.8 Å². The van der Waals surface area contributed by atoms with Crippen molar-refractivity contribution in [3.63, 3.8) is 0 Å². The predicted octanol–water partition coefficient (Wildman–Crippen LogP) is 3.46. The van der Waals surface area contributed by atoms with Gasteiger partial charge in [-0.3, -0.25) is 4.90 Å². The molecule has 3 heteroatoms. The molecular formula is C16H23ClN2. The summed E-state index contributed by atoms with van der Waals surface area (Å²) in [6.07, 6.45) is 4.21. The van der Waals surface area contributed by atoms with Gasteiger partial charge in [0.15, 0.2) is 0 Å². The fourth-order valence-electron chi connectivity index (χ4n) is 4.03. The molecule has 104 valence electrons. The second-order valence-electron chi connectivity index (χ2n) is 6.23. The zero-order chi connectivity index (χ0) is 13.4. The number of nitrogens with zero attached hydrogens (tertiary/aromatic N) is 1. The molecule has 0 spiro atoms. The lowest BCUT2D eigenvalue weighted by atomic mass is 9.99. The Bertz CT molecular complexity index is 434. The van der Waals surface area contributed by atoms with Crippen molar-refractivity contribution in [1.82, 2.24) is 4.90 Å². The van der Waals surface area contributed by atoms with Gasteiger partial charge in [0, 0.05) is 24.2 Å². The normalized spacial score (nSPS) is 30.3. The molecule has 3 rings (SSSR count). The van der Waals surface area contributed by atoms with Gasteiger partial charge in [-0.1, -0.05) is 36.2 Å². The maximum absolute atomic E-state index is 6.38. The molecule has 4 unspecified atom stereocenters. The Balaban J connectivity index is 1.84. The van der Waals surface area contributed by atoms with Crippen molar-refractivity contribution in [1.29, 1.82) is 0 Å². The van der Waals surface area contributed by atoms with E-state index in [2.05, 4.69) is 24.0 Å². The number of nitrogens with two attached hydrogens (primary N) is 1. The van der Waals surface area contributed by atoms with E-state index in [1.165, 1.54) is 37.9 Å². The van der Waals surface area contributed by atoms with Crippen LogP contribution >= 0.6 is 11.6 Å². The number of hydrogen-bond acceptors (Lipinski definition) is 2. The van der Waals surface area contributed by atoms with Crippen molar-refractivity contribution in [3.05, 3.63) is 34.9 Å². The zero-order valence-corrected chi connectivity index (χ0v) is 12.3. The van der Waals surface area contributed by atoms with Crippen LogP contribution in [0.25, 0.3) is 0 Å². The molecule has 2 aliphatic rings. The highest BCUT2D eigenvalue weighted by molar-refractivity contribution is 6.31. The summed E-state index contributed by atoms with van der Waals surface area (Å²) in [7, 11) is 0. The molecule has 2 N–H and O–H groups in total. The highest BCUT2D eigenvalue weighted by Gasteiger charge is 2.40. The number of fused-ring (bicyclic) bond motifs is 1. The summed E-state index contributed by atoms with van der Waals surface area (Å²) in [5.41, 5.74) is 7.46. The lowest BCUT2D eigenvalue weighted by Gasteiger charge is -2.32. The van der Waals surface area contributed by atoms with E-state index < -0.39 is 0 Å². The largest absolute Gasteiger partial charge is 0.326 e. The topological polar surface area (TPSA) is 29.3 Å². The molecule has 1 aromatic rings. The first kappa shape index (κ1) is 13.4. The molecule has 1 aromatic carbocycles. The molecule has 1 heterocycles. The van der Waals surface area contributed by atoms with Crippen LogP contribution in [-0.4, -0.2) is 24.0 Å². The van der Waals surface area contributed by atoms with E-state index in [-0.39, 0.29) is 12.1 Å². The fourth-order valence-corrected chi connectivity index (χ4v) is 4.27. The van der Waals surface area contributed by atoms with Gasteiger partial charge >= 0.3 is 0 Å². The van der Waals surface area contributed by atoms with E-state index in [0.29, 0.717) is 0 Å².